The molecule has 0 bridgehead atoms. The lowest BCUT2D eigenvalue weighted by molar-refractivity contribution is 0.246. The fourth-order valence-electron chi connectivity index (χ4n) is 3.51. The van der Waals surface area contributed by atoms with Gasteiger partial charge >= 0.3 is 0 Å². The van der Waals surface area contributed by atoms with E-state index in [0.717, 1.165) is 43.3 Å². The van der Waals surface area contributed by atoms with Gasteiger partial charge in [-0.3, -0.25) is 14.7 Å². The molecule has 3 heterocycles. The SMILES string of the molecule is Cc1c(CN2CCN(c3cc(=O)[nH]c(N)n3)CC2)[nH]c2c(Cl)cccc12. The number of aromatic nitrogens is 3. The topological polar surface area (TPSA) is 94.0 Å². The third-order valence-electron chi connectivity index (χ3n) is 4.97. The minimum Gasteiger partial charge on any atom is -0.369 e. The summed E-state index contributed by atoms with van der Waals surface area (Å²) in [6.07, 6.45) is 0. The first kappa shape index (κ1) is 16.9. The second-order valence-corrected chi connectivity index (χ2v) is 7.05. The number of nitrogens with two attached hydrogens (primary N) is 1. The summed E-state index contributed by atoms with van der Waals surface area (Å²) in [6, 6.07) is 7.48. The maximum atomic E-state index is 11.6. The van der Waals surface area contributed by atoms with Crippen LogP contribution in [-0.2, 0) is 6.54 Å². The Morgan fingerprint density at radius 2 is 2.00 bits per heavy atom. The Hall–Kier alpha value is -2.51. The number of halogens is 1. The Morgan fingerprint density at radius 1 is 1.23 bits per heavy atom. The Labute approximate surface area is 155 Å². The largest absolute Gasteiger partial charge is 0.369 e. The van der Waals surface area contributed by atoms with Crippen LogP contribution in [0.3, 0.4) is 0 Å². The zero-order chi connectivity index (χ0) is 18.3. The highest BCUT2D eigenvalue weighted by Crippen LogP contribution is 2.28. The molecule has 1 aliphatic heterocycles. The van der Waals surface area contributed by atoms with E-state index in [1.54, 1.807) is 0 Å². The normalized spacial score (nSPS) is 15.7. The molecule has 8 heteroatoms. The van der Waals surface area contributed by atoms with Gasteiger partial charge in [0.25, 0.3) is 5.56 Å². The van der Waals surface area contributed by atoms with Gasteiger partial charge in [0.15, 0.2) is 0 Å². The van der Waals surface area contributed by atoms with Gasteiger partial charge in [-0.2, -0.15) is 4.98 Å². The van der Waals surface area contributed by atoms with Gasteiger partial charge in [0, 0.05) is 49.9 Å². The van der Waals surface area contributed by atoms with Gasteiger partial charge in [0.05, 0.1) is 10.5 Å². The lowest BCUT2D eigenvalue weighted by atomic mass is 10.1. The third-order valence-corrected chi connectivity index (χ3v) is 5.29. The van der Waals surface area contributed by atoms with E-state index in [1.165, 1.54) is 22.7 Å². The molecule has 0 atom stereocenters. The minimum atomic E-state index is -0.222. The number of aryl methyl sites for hydroxylation is 1. The van der Waals surface area contributed by atoms with E-state index in [1.807, 2.05) is 12.1 Å². The van der Waals surface area contributed by atoms with Gasteiger partial charge in [-0.05, 0) is 18.6 Å². The lowest BCUT2D eigenvalue weighted by Gasteiger charge is -2.35. The number of hydrogen-bond acceptors (Lipinski definition) is 5. The Morgan fingerprint density at radius 3 is 2.69 bits per heavy atom. The summed E-state index contributed by atoms with van der Waals surface area (Å²) in [4.78, 5) is 26.2. The highest BCUT2D eigenvalue weighted by Gasteiger charge is 2.20. The molecule has 7 nitrogen and oxygen atoms in total. The maximum absolute atomic E-state index is 11.6. The van der Waals surface area contributed by atoms with Crippen LogP contribution in [0, 0.1) is 6.92 Å². The van der Waals surface area contributed by atoms with Crippen LogP contribution in [0.4, 0.5) is 11.8 Å². The zero-order valence-electron chi connectivity index (χ0n) is 14.6. The van der Waals surface area contributed by atoms with Crippen molar-refractivity contribution in [3.63, 3.8) is 0 Å². The van der Waals surface area contributed by atoms with Gasteiger partial charge in [0.1, 0.15) is 5.82 Å². The number of hydrogen-bond donors (Lipinski definition) is 3. The Balaban J connectivity index is 1.46. The van der Waals surface area contributed by atoms with Crippen LogP contribution in [0.1, 0.15) is 11.3 Å². The number of nitrogens with zero attached hydrogens (tertiary/aromatic N) is 3. The highest BCUT2D eigenvalue weighted by molar-refractivity contribution is 6.35. The fourth-order valence-corrected chi connectivity index (χ4v) is 3.73. The molecule has 1 saturated heterocycles. The molecule has 0 saturated carbocycles. The van der Waals surface area contributed by atoms with E-state index in [4.69, 9.17) is 17.3 Å². The first-order chi connectivity index (χ1) is 12.5. The average Bonchev–Trinajstić information content (AvgIpc) is 2.92. The van der Waals surface area contributed by atoms with Gasteiger partial charge in [0.2, 0.25) is 5.95 Å². The van der Waals surface area contributed by atoms with Crippen LogP contribution >= 0.6 is 11.6 Å². The first-order valence-electron chi connectivity index (χ1n) is 8.61. The highest BCUT2D eigenvalue weighted by atomic mass is 35.5. The quantitative estimate of drug-likeness (QED) is 0.654. The third kappa shape index (κ3) is 3.15. The second kappa shape index (κ2) is 6.66. The molecule has 0 aliphatic carbocycles. The molecule has 2 aromatic heterocycles. The molecule has 1 aliphatic rings. The van der Waals surface area contributed by atoms with Crippen LogP contribution in [-0.4, -0.2) is 46.0 Å². The minimum absolute atomic E-state index is 0.153. The number of nitrogens with one attached hydrogen (secondary N) is 2. The number of anilines is 2. The molecule has 26 heavy (non-hydrogen) atoms. The van der Waals surface area contributed by atoms with E-state index in [9.17, 15) is 4.79 Å². The molecular formula is C18H21ClN6O. The summed E-state index contributed by atoms with van der Waals surface area (Å²) in [5, 5.41) is 1.92. The predicted octanol–water partition coefficient (Wildman–Crippen LogP) is 2.12. The molecule has 0 spiro atoms. The number of benzene rings is 1. The van der Waals surface area contributed by atoms with Gasteiger partial charge < -0.3 is 15.6 Å². The summed E-state index contributed by atoms with van der Waals surface area (Å²) < 4.78 is 0. The average molecular weight is 373 g/mol. The summed E-state index contributed by atoms with van der Waals surface area (Å²) in [7, 11) is 0. The summed E-state index contributed by atoms with van der Waals surface area (Å²) >= 11 is 6.30. The van der Waals surface area contributed by atoms with E-state index in [0.29, 0.717) is 5.82 Å². The molecule has 3 aromatic rings. The van der Waals surface area contributed by atoms with E-state index < -0.39 is 0 Å². The van der Waals surface area contributed by atoms with Crippen molar-refractivity contribution in [3.8, 4) is 0 Å². The van der Waals surface area contributed by atoms with Crippen molar-refractivity contribution in [2.45, 2.75) is 13.5 Å². The number of piperazine rings is 1. The molecule has 0 unspecified atom stereocenters. The predicted molar refractivity (Wildman–Crippen MR) is 105 cm³/mol. The van der Waals surface area contributed by atoms with Crippen molar-refractivity contribution in [2.75, 3.05) is 36.8 Å². The van der Waals surface area contributed by atoms with Crippen molar-refractivity contribution in [1.29, 1.82) is 0 Å². The summed E-state index contributed by atoms with van der Waals surface area (Å²) in [6.45, 7) is 6.35. The van der Waals surface area contributed by atoms with Crippen LogP contribution in [0.2, 0.25) is 5.02 Å². The molecule has 4 rings (SSSR count). The smallest absolute Gasteiger partial charge is 0.254 e. The molecule has 0 amide bonds. The second-order valence-electron chi connectivity index (χ2n) is 6.64. The van der Waals surface area contributed by atoms with Crippen molar-refractivity contribution < 1.29 is 0 Å². The Bertz CT molecular complexity index is 1000. The van der Waals surface area contributed by atoms with Crippen LogP contribution in [0.25, 0.3) is 10.9 Å². The van der Waals surface area contributed by atoms with Crippen LogP contribution < -0.4 is 16.2 Å². The number of para-hydroxylation sites is 1. The monoisotopic (exact) mass is 372 g/mol. The molecule has 136 valence electrons. The Kier molecular flexibility index (Phi) is 4.34. The summed E-state index contributed by atoms with van der Waals surface area (Å²) in [5.41, 5.74) is 8.86. The van der Waals surface area contributed by atoms with Crippen LogP contribution in [0.5, 0.6) is 0 Å². The molecule has 1 fully saturated rings. The lowest BCUT2D eigenvalue weighted by Crippen LogP contribution is -2.46. The van der Waals surface area contributed by atoms with Crippen molar-refractivity contribution in [2.24, 2.45) is 0 Å². The maximum Gasteiger partial charge on any atom is 0.254 e. The number of H-pyrrole nitrogens is 2. The number of rotatable bonds is 3. The number of nitrogen functional groups attached to an aromatic ring is 1. The molecular weight excluding hydrogens is 352 g/mol. The molecule has 0 radical (unpaired) electrons. The van der Waals surface area contributed by atoms with E-state index >= 15 is 0 Å². The van der Waals surface area contributed by atoms with E-state index in [-0.39, 0.29) is 11.5 Å². The van der Waals surface area contributed by atoms with Gasteiger partial charge in [-0.25, -0.2) is 0 Å². The van der Waals surface area contributed by atoms with Crippen molar-refractivity contribution in [1.82, 2.24) is 19.9 Å². The zero-order valence-corrected chi connectivity index (χ0v) is 15.3. The van der Waals surface area contributed by atoms with Crippen molar-refractivity contribution >= 4 is 34.3 Å². The van der Waals surface area contributed by atoms with Gasteiger partial charge in [-0.1, -0.05) is 23.7 Å². The number of fused-ring (bicyclic) bond motifs is 1. The van der Waals surface area contributed by atoms with Crippen LogP contribution in [0.15, 0.2) is 29.1 Å². The van der Waals surface area contributed by atoms with E-state index in [2.05, 4.69) is 37.7 Å². The molecule has 1 aromatic carbocycles. The first-order valence-corrected chi connectivity index (χ1v) is 8.99. The summed E-state index contributed by atoms with van der Waals surface area (Å²) in [5.74, 6) is 0.792. The standard InChI is InChI=1S/C18H21ClN6O/c1-11-12-3-2-4-13(19)17(12)21-14(11)10-24-5-7-25(8-6-24)15-9-16(26)23-18(20)22-15/h2-4,9,21H,5-8,10H2,1H3,(H3,20,22,23,26). The molecule has 4 N–H and O–H groups in total. The fraction of sp³-hybridized carbons (Fsp3) is 0.333. The van der Waals surface area contributed by atoms with Crippen molar-refractivity contribution in [3.05, 3.63) is 50.9 Å². The number of aromatic amines is 2. The van der Waals surface area contributed by atoms with Gasteiger partial charge in [-0.15, -0.1) is 0 Å².